The first-order valence-corrected chi connectivity index (χ1v) is 20.1. The zero-order valence-electron chi connectivity index (χ0n) is 33.7. The molecule has 2 bridgehead atoms. The van der Waals surface area contributed by atoms with E-state index in [4.69, 9.17) is 33.2 Å². The van der Waals surface area contributed by atoms with E-state index in [0.29, 0.717) is 55.1 Å². The Morgan fingerprint density at radius 2 is 1.93 bits per heavy atom. The lowest BCUT2D eigenvalue weighted by molar-refractivity contribution is -0.340. The fourth-order valence-electron chi connectivity index (χ4n) is 9.70. The Balaban J connectivity index is 1.38. The van der Waals surface area contributed by atoms with Crippen molar-refractivity contribution in [2.75, 3.05) is 20.8 Å². The number of likely N-dealkylation sites (N-methyl/N-ethyl adjacent to an activating group) is 1. The lowest BCUT2D eigenvalue weighted by Gasteiger charge is -2.51. The van der Waals surface area contributed by atoms with E-state index < -0.39 is 41.8 Å². The molecule has 0 aromatic rings. The lowest BCUT2D eigenvalue weighted by atomic mass is 9.71. The van der Waals surface area contributed by atoms with Crippen molar-refractivity contribution in [1.29, 1.82) is 0 Å². The van der Waals surface area contributed by atoms with Gasteiger partial charge in [-0.15, -0.1) is 0 Å². The van der Waals surface area contributed by atoms with Gasteiger partial charge in [-0.2, -0.15) is 0 Å². The minimum Gasteiger partial charge on any atom is -0.462 e. The molecule has 12 nitrogen and oxygen atoms in total. The van der Waals surface area contributed by atoms with E-state index in [9.17, 15) is 15.1 Å². The van der Waals surface area contributed by atoms with Crippen LogP contribution in [0.1, 0.15) is 93.4 Å². The largest absolute Gasteiger partial charge is 0.462 e. The van der Waals surface area contributed by atoms with Crippen LogP contribution >= 0.6 is 0 Å². The van der Waals surface area contributed by atoms with E-state index in [2.05, 4.69) is 51.2 Å². The molecule has 5 heterocycles. The van der Waals surface area contributed by atoms with Gasteiger partial charge in [0.1, 0.15) is 29.4 Å². The van der Waals surface area contributed by atoms with Crippen molar-refractivity contribution < 1.29 is 48.3 Å². The van der Waals surface area contributed by atoms with Crippen molar-refractivity contribution in [1.82, 2.24) is 5.32 Å². The number of carbonyl (C=O) groups excluding carboxylic acids is 1. The summed E-state index contributed by atoms with van der Waals surface area (Å²) in [4.78, 5) is 14.3. The topological polar surface area (TPSA) is 147 Å². The highest BCUT2D eigenvalue weighted by Crippen LogP contribution is 2.47. The SMILES string of the molecule is CCC(C)C1OC2(CC[C@H]1C)CC1CC(C/C=C(\C)[C@@H](OC3C[C@@H](OC)[C@@H](NC)[C@@H](C)O3)C(C)/C=C/C=C3\COC4/C(=N/O)C(C)=CC(C(=O)O1)[C@]34O)O2. The van der Waals surface area contributed by atoms with Gasteiger partial charge in [0.25, 0.3) is 0 Å². The molecule has 4 fully saturated rings. The van der Waals surface area contributed by atoms with E-state index in [1.165, 1.54) is 0 Å². The van der Waals surface area contributed by atoms with Crippen molar-refractivity contribution >= 4 is 11.7 Å². The van der Waals surface area contributed by atoms with E-state index in [-0.39, 0.29) is 54.8 Å². The maximum atomic E-state index is 14.3. The number of methoxy groups -OCH3 is 1. The van der Waals surface area contributed by atoms with Crippen LogP contribution in [0.15, 0.2) is 52.3 Å². The van der Waals surface area contributed by atoms with Gasteiger partial charge in [-0.25, -0.2) is 0 Å². The summed E-state index contributed by atoms with van der Waals surface area (Å²) in [7, 11) is 3.64. The molecule has 0 aromatic heterocycles. The Morgan fingerprint density at radius 3 is 2.63 bits per heavy atom. The molecule has 0 aromatic carbocycles. The third-order valence-electron chi connectivity index (χ3n) is 13.0. The Kier molecular flexibility index (Phi) is 13.0. The van der Waals surface area contributed by atoms with Crippen LogP contribution in [0.3, 0.4) is 0 Å². The number of nitrogens with one attached hydrogen (secondary N) is 1. The van der Waals surface area contributed by atoms with Gasteiger partial charge >= 0.3 is 5.97 Å². The van der Waals surface area contributed by atoms with Gasteiger partial charge in [-0.05, 0) is 69.2 Å². The number of esters is 1. The van der Waals surface area contributed by atoms with Crippen LogP contribution in [0.5, 0.6) is 0 Å². The second-order valence-electron chi connectivity index (χ2n) is 16.7. The van der Waals surface area contributed by atoms with Gasteiger partial charge in [-0.1, -0.05) is 69.7 Å². The number of aliphatic hydroxyl groups is 1. The number of rotatable bonds is 6. The molecule has 0 saturated carbocycles. The Morgan fingerprint density at radius 1 is 1.15 bits per heavy atom. The minimum absolute atomic E-state index is 0.0145. The Labute approximate surface area is 321 Å². The Bertz CT molecular complexity index is 1500. The fraction of sp³-hybridized carbons (Fsp3) is 0.762. The molecule has 9 unspecified atom stereocenters. The highest BCUT2D eigenvalue weighted by molar-refractivity contribution is 6.06. The van der Waals surface area contributed by atoms with E-state index >= 15 is 0 Å². The molecule has 1 aliphatic carbocycles. The van der Waals surface area contributed by atoms with Crippen molar-refractivity contribution in [3.63, 3.8) is 0 Å². The van der Waals surface area contributed by atoms with Crippen LogP contribution in [0.2, 0.25) is 0 Å². The van der Waals surface area contributed by atoms with E-state index in [1.807, 2.05) is 26.1 Å². The Hall–Kier alpha value is -2.42. The number of nitrogens with zero attached hydrogens (tertiary/aromatic N) is 1. The van der Waals surface area contributed by atoms with Gasteiger partial charge in [0.05, 0.1) is 43.2 Å². The van der Waals surface area contributed by atoms with Gasteiger partial charge < -0.3 is 48.8 Å². The number of hydrogen-bond acceptors (Lipinski definition) is 12. The van der Waals surface area contributed by atoms with Crippen molar-refractivity contribution in [3.8, 4) is 0 Å². The number of carbonyl (C=O) groups is 1. The monoisotopic (exact) mass is 756 g/mol. The van der Waals surface area contributed by atoms with Crippen LogP contribution < -0.4 is 5.32 Å². The molecule has 3 N–H and O–H groups in total. The van der Waals surface area contributed by atoms with E-state index in [1.54, 1.807) is 26.2 Å². The minimum atomic E-state index is -1.82. The van der Waals surface area contributed by atoms with Gasteiger partial charge in [0, 0.05) is 38.7 Å². The third-order valence-corrected chi connectivity index (χ3v) is 13.0. The summed E-state index contributed by atoms with van der Waals surface area (Å²) >= 11 is 0. The van der Waals surface area contributed by atoms with Crippen LogP contribution in [-0.4, -0.2) is 109 Å². The zero-order chi connectivity index (χ0) is 38.9. The second kappa shape index (κ2) is 17.0. The summed E-state index contributed by atoms with van der Waals surface area (Å²) in [5.74, 6) is -1.95. The molecule has 6 aliphatic rings. The molecule has 4 saturated heterocycles. The quantitative estimate of drug-likeness (QED) is 0.132. The smallest absolute Gasteiger partial charge is 0.316 e. The molecule has 0 amide bonds. The fourth-order valence-corrected chi connectivity index (χ4v) is 9.70. The first-order valence-electron chi connectivity index (χ1n) is 20.1. The van der Waals surface area contributed by atoms with Gasteiger partial charge in [0.2, 0.25) is 0 Å². The summed E-state index contributed by atoms with van der Waals surface area (Å²) in [6.07, 6.45) is 11.3. The van der Waals surface area contributed by atoms with Crippen LogP contribution in [0, 0.1) is 23.7 Å². The molecule has 0 radical (unpaired) electrons. The first-order chi connectivity index (χ1) is 25.8. The molecule has 12 heteroatoms. The van der Waals surface area contributed by atoms with E-state index in [0.717, 1.165) is 18.4 Å². The average molecular weight is 757 g/mol. The molecular weight excluding hydrogens is 692 g/mol. The van der Waals surface area contributed by atoms with Crippen molar-refractivity contribution in [2.45, 2.75) is 160 Å². The molecule has 5 aliphatic heterocycles. The molecule has 15 atom stereocenters. The number of ether oxygens (including phenoxy) is 7. The summed E-state index contributed by atoms with van der Waals surface area (Å²) < 4.78 is 45.5. The highest BCUT2D eigenvalue weighted by atomic mass is 16.7. The average Bonchev–Trinajstić information content (AvgIpc) is 3.48. The summed E-state index contributed by atoms with van der Waals surface area (Å²) in [6.45, 7) is 14.6. The summed E-state index contributed by atoms with van der Waals surface area (Å²) in [5, 5.41) is 29.3. The maximum absolute atomic E-state index is 14.3. The van der Waals surface area contributed by atoms with Gasteiger partial charge in [-0.3, -0.25) is 4.79 Å². The molecule has 1 spiro atoms. The number of fused-ring (bicyclic) bond motifs is 2. The third kappa shape index (κ3) is 8.05. The van der Waals surface area contributed by atoms with Crippen molar-refractivity contribution in [2.24, 2.45) is 28.8 Å². The molecular formula is C42H64N2O10. The maximum Gasteiger partial charge on any atom is 0.316 e. The van der Waals surface area contributed by atoms with Crippen molar-refractivity contribution in [3.05, 3.63) is 47.1 Å². The number of hydrogen-bond donors (Lipinski definition) is 3. The number of oxime groups is 1. The number of allylic oxidation sites excluding steroid dienone is 2. The standard InChI is InChI=1S/C42H64N2O10/c1-10-23(2)38-26(5)16-17-41(54-38)21-31-19-30(53-41)15-14-25(4)37(52-34-20-33(48-9)36(43-8)28(7)50-34)24(3)12-11-13-29-22-49-39-35(44-47)27(6)18-32(40(45)51-31)42(29,39)46/h11-14,18,23-24,26,28,30-34,36-39,43,46-47H,10,15-17,19-22H2,1-9H3/b12-11+,25-14+,29-13+,44-35+/t23?,24?,26-,28-,30?,31?,32?,33-,34?,36+,37+,38?,39?,41?,42-/m1/s1. The predicted molar refractivity (Wildman–Crippen MR) is 203 cm³/mol. The predicted octanol–water partition coefficient (Wildman–Crippen LogP) is 5.76. The molecule has 302 valence electrons. The summed E-state index contributed by atoms with van der Waals surface area (Å²) in [5.41, 5.74) is 0.439. The lowest BCUT2D eigenvalue weighted by Crippen LogP contribution is -2.57. The molecule has 54 heavy (non-hydrogen) atoms. The second-order valence-corrected chi connectivity index (χ2v) is 16.7. The highest BCUT2D eigenvalue weighted by Gasteiger charge is 2.60. The zero-order valence-corrected chi connectivity index (χ0v) is 33.7. The summed E-state index contributed by atoms with van der Waals surface area (Å²) in [6, 6.07) is 0.0389. The van der Waals surface area contributed by atoms with Gasteiger partial charge in [0.15, 0.2) is 12.1 Å². The molecule has 6 rings (SSSR count). The van der Waals surface area contributed by atoms with Crippen LogP contribution in [-0.2, 0) is 38.0 Å². The first kappa shape index (κ1) is 41.2. The van der Waals surface area contributed by atoms with Crippen LogP contribution in [0.4, 0.5) is 0 Å². The van der Waals surface area contributed by atoms with Crippen LogP contribution in [0.25, 0.3) is 0 Å². The normalized spacial score (nSPS) is 47.1.